The normalized spacial score (nSPS) is 10.9. The third-order valence-corrected chi connectivity index (χ3v) is 5.99. The quantitative estimate of drug-likeness (QED) is 0.400. The fraction of sp³-hybridized carbons (Fsp3) is 0.125. The average Bonchev–Trinajstić information content (AvgIpc) is 3.08. The molecule has 2 N–H and O–H groups in total. The van der Waals surface area contributed by atoms with Crippen LogP contribution in [0, 0.1) is 6.92 Å². The van der Waals surface area contributed by atoms with Crippen molar-refractivity contribution >= 4 is 27.4 Å². The van der Waals surface area contributed by atoms with Crippen LogP contribution in [0.15, 0.2) is 60.7 Å². The molecule has 0 atom stereocenters. The van der Waals surface area contributed by atoms with Crippen LogP contribution in [0.5, 0.6) is 23.0 Å². The first-order valence-corrected chi connectivity index (χ1v) is 10.2. The van der Waals surface area contributed by atoms with Crippen molar-refractivity contribution in [3.05, 3.63) is 82.2 Å². The zero-order valence-corrected chi connectivity index (χ0v) is 17.3. The summed E-state index contributed by atoms with van der Waals surface area (Å²) < 4.78 is 12.5. The van der Waals surface area contributed by atoms with Crippen molar-refractivity contribution in [2.45, 2.75) is 13.3 Å². The van der Waals surface area contributed by atoms with Crippen molar-refractivity contribution in [1.82, 2.24) is 0 Å². The van der Waals surface area contributed by atoms with Gasteiger partial charge in [-0.25, -0.2) is 4.79 Å². The molecule has 1 heterocycles. The summed E-state index contributed by atoms with van der Waals surface area (Å²) in [5.74, 6) is 0.771. The Morgan fingerprint density at radius 3 is 2.47 bits per heavy atom. The van der Waals surface area contributed by atoms with Crippen LogP contribution in [-0.4, -0.2) is 23.3 Å². The molecule has 0 saturated heterocycles. The predicted octanol–water partition coefficient (Wildman–Crippen LogP) is 6.01. The third kappa shape index (κ3) is 3.82. The Morgan fingerprint density at radius 1 is 1.03 bits per heavy atom. The number of carboxylic acid groups (broad SMARTS) is 1. The summed E-state index contributed by atoms with van der Waals surface area (Å²) in [5, 5.41) is 20.0. The van der Waals surface area contributed by atoms with E-state index in [4.69, 9.17) is 9.47 Å². The molecule has 0 spiro atoms. The van der Waals surface area contributed by atoms with Gasteiger partial charge >= 0.3 is 5.97 Å². The molecule has 5 nitrogen and oxygen atoms in total. The Bertz CT molecular complexity index is 1220. The number of para-hydroxylation sites is 1. The van der Waals surface area contributed by atoms with Gasteiger partial charge < -0.3 is 19.7 Å². The van der Waals surface area contributed by atoms with E-state index in [0.29, 0.717) is 29.1 Å². The molecule has 3 aromatic carbocycles. The first kappa shape index (κ1) is 19.8. The van der Waals surface area contributed by atoms with Crippen LogP contribution >= 0.6 is 11.3 Å². The number of aryl methyl sites for hydroxylation is 1. The Kier molecular flexibility index (Phi) is 5.33. The van der Waals surface area contributed by atoms with Crippen LogP contribution < -0.4 is 9.47 Å². The number of rotatable bonds is 6. The fourth-order valence-corrected chi connectivity index (χ4v) is 4.41. The number of ether oxygens (including phenoxy) is 2. The molecule has 0 aliphatic carbocycles. The van der Waals surface area contributed by atoms with Crippen LogP contribution in [0.1, 0.15) is 26.4 Å². The summed E-state index contributed by atoms with van der Waals surface area (Å²) >= 11 is 1.19. The molecule has 1 aromatic heterocycles. The third-order valence-electron chi connectivity index (χ3n) is 4.87. The fourth-order valence-electron chi connectivity index (χ4n) is 3.36. The highest BCUT2D eigenvalue weighted by Gasteiger charge is 2.22. The Morgan fingerprint density at radius 2 is 1.77 bits per heavy atom. The zero-order chi connectivity index (χ0) is 21.3. The first-order chi connectivity index (χ1) is 14.5. The molecule has 152 valence electrons. The molecule has 0 unspecified atom stereocenters. The van der Waals surface area contributed by atoms with E-state index in [0.717, 1.165) is 21.4 Å². The highest BCUT2D eigenvalue weighted by Crippen LogP contribution is 2.43. The smallest absolute Gasteiger partial charge is 0.349 e. The molecule has 0 fully saturated rings. The molecule has 30 heavy (non-hydrogen) atoms. The van der Waals surface area contributed by atoms with E-state index in [1.165, 1.54) is 11.3 Å². The maximum atomic E-state index is 11.9. The number of benzene rings is 3. The van der Waals surface area contributed by atoms with Gasteiger partial charge in [0.05, 0.1) is 7.11 Å². The first-order valence-electron chi connectivity index (χ1n) is 9.34. The summed E-state index contributed by atoms with van der Waals surface area (Å²) in [6.45, 7) is 1.92. The number of aromatic hydroxyl groups is 1. The summed E-state index contributed by atoms with van der Waals surface area (Å²) in [4.78, 5) is 12.1. The molecule has 4 aromatic rings. The van der Waals surface area contributed by atoms with Crippen molar-refractivity contribution in [2.75, 3.05) is 7.11 Å². The van der Waals surface area contributed by atoms with Crippen molar-refractivity contribution in [3.8, 4) is 23.0 Å². The number of methoxy groups -OCH3 is 1. The van der Waals surface area contributed by atoms with Gasteiger partial charge in [0.2, 0.25) is 0 Å². The van der Waals surface area contributed by atoms with E-state index >= 15 is 0 Å². The highest BCUT2D eigenvalue weighted by atomic mass is 32.1. The average molecular weight is 420 g/mol. The largest absolute Gasteiger partial charge is 0.508 e. The second kappa shape index (κ2) is 8.08. The molecular formula is C24H20O5S. The van der Waals surface area contributed by atoms with Crippen molar-refractivity contribution in [1.29, 1.82) is 0 Å². The molecule has 6 heteroatoms. The lowest BCUT2D eigenvalue weighted by atomic mass is 10.0. The van der Waals surface area contributed by atoms with Crippen LogP contribution in [0.2, 0.25) is 0 Å². The molecular weight excluding hydrogens is 400 g/mol. The van der Waals surface area contributed by atoms with E-state index in [-0.39, 0.29) is 10.6 Å². The maximum absolute atomic E-state index is 11.9. The van der Waals surface area contributed by atoms with Crippen LogP contribution in [-0.2, 0) is 6.42 Å². The number of phenolic OH excluding ortho intramolecular Hbond substituents is 1. The summed E-state index contributed by atoms with van der Waals surface area (Å²) in [5.41, 5.74) is 2.86. The standard InChI is InChI=1S/C24H20O5S/c1-14-11-21-18(13-20(14)28-2)22(23(30-21)24(26)27)29-19-6-4-3-5-16(19)12-15-7-9-17(25)10-8-15/h3-11,13,25H,12H2,1-2H3,(H,26,27). The number of aromatic carboxylic acids is 1. The number of hydrogen-bond donors (Lipinski definition) is 2. The second-order valence-electron chi connectivity index (χ2n) is 6.94. The summed E-state index contributed by atoms with van der Waals surface area (Å²) in [7, 11) is 1.59. The van der Waals surface area contributed by atoms with Gasteiger partial charge in [-0.1, -0.05) is 30.3 Å². The van der Waals surface area contributed by atoms with Crippen LogP contribution in [0.3, 0.4) is 0 Å². The summed E-state index contributed by atoms with van der Waals surface area (Å²) in [6.07, 6.45) is 0.587. The van der Waals surface area contributed by atoms with Gasteiger partial charge in [0, 0.05) is 16.5 Å². The molecule has 4 rings (SSSR count). The van der Waals surface area contributed by atoms with Gasteiger partial charge in [0.15, 0.2) is 10.6 Å². The number of fused-ring (bicyclic) bond motifs is 1. The Balaban J connectivity index is 1.78. The van der Waals surface area contributed by atoms with Gasteiger partial charge in [-0.2, -0.15) is 0 Å². The lowest BCUT2D eigenvalue weighted by Crippen LogP contribution is -1.98. The SMILES string of the molecule is COc1cc2c(Oc3ccccc3Cc3ccc(O)cc3)c(C(=O)O)sc2cc1C. The summed E-state index contributed by atoms with van der Waals surface area (Å²) in [6, 6.07) is 18.3. The minimum absolute atomic E-state index is 0.150. The molecule has 0 radical (unpaired) electrons. The second-order valence-corrected chi connectivity index (χ2v) is 7.99. The molecule has 0 amide bonds. The monoisotopic (exact) mass is 420 g/mol. The van der Waals surface area contributed by atoms with Gasteiger partial charge in [0.25, 0.3) is 0 Å². The number of phenols is 1. The minimum Gasteiger partial charge on any atom is -0.508 e. The lowest BCUT2D eigenvalue weighted by molar-refractivity contribution is 0.0700. The maximum Gasteiger partial charge on any atom is 0.349 e. The van der Waals surface area contributed by atoms with E-state index in [2.05, 4.69) is 0 Å². The molecule has 0 aliphatic rings. The topological polar surface area (TPSA) is 76.0 Å². The lowest BCUT2D eigenvalue weighted by Gasteiger charge is -2.12. The number of carbonyl (C=O) groups is 1. The highest BCUT2D eigenvalue weighted by molar-refractivity contribution is 7.21. The number of hydrogen-bond acceptors (Lipinski definition) is 5. The zero-order valence-electron chi connectivity index (χ0n) is 16.5. The van der Waals surface area contributed by atoms with Crippen molar-refractivity contribution in [2.24, 2.45) is 0 Å². The van der Waals surface area contributed by atoms with Crippen LogP contribution in [0.4, 0.5) is 0 Å². The predicted molar refractivity (Wildman–Crippen MR) is 118 cm³/mol. The van der Waals surface area contributed by atoms with E-state index in [9.17, 15) is 15.0 Å². The molecule has 0 saturated carbocycles. The van der Waals surface area contributed by atoms with Gasteiger partial charge in [-0.05, 0) is 53.9 Å². The Labute approximate surface area is 177 Å². The van der Waals surface area contributed by atoms with Gasteiger partial charge in [-0.15, -0.1) is 11.3 Å². The van der Waals surface area contributed by atoms with Crippen molar-refractivity contribution < 1.29 is 24.5 Å². The van der Waals surface area contributed by atoms with Crippen molar-refractivity contribution in [3.63, 3.8) is 0 Å². The van der Waals surface area contributed by atoms with E-state index in [1.807, 2.05) is 55.5 Å². The molecule has 0 bridgehead atoms. The van der Waals surface area contributed by atoms with Gasteiger partial charge in [0.1, 0.15) is 17.2 Å². The Hall–Kier alpha value is -3.51. The van der Waals surface area contributed by atoms with Crippen LogP contribution in [0.25, 0.3) is 10.1 Å². The minimum atomic E-state index is -1.03. The van der Waals surface area contributed by atoms with Gasteiger partial charge in [-0.3, -0.25) is 0 Å². The van der Waals surface area contributed by atoms with E-state index in [1.54, 1.807) is 19.2 Å². The number of carboxylic acids is 1. The van der Waals surface area contributed by atoms with E-state index < -0.39 is 5.97 Å². The number of thiophene rings is 1. The molecule has 0 aliphatic heterocycles.